The summed E-state index contributed by atoms with van der Waals surface area (Å²) in [5, 5.41) is 7.30. The zero-order chi connectivity index (χ0) is 19.1. The number of fused-ring (bicyclic) bond motifs is 1. The van der Waals surface area contributed by atoms with Crippen molar-refractivity contribution in [2.24, 2.45) is 0 Å². The molecule has 1 aliphatic heterocycles. The van der Waals surface area contributed by atoms with Crippen LogP contribution in [-0.2, 0) is 26.9 Å². The Morgan fingerprint density at radius 1 is 1.23 bits per heavy atom. The highest BCUT2D eigenvalue weighted by Gasteiger charge is 2.35. The highest BCUT2D eigenvalue weighted by Crippen LogP contribution is 2.34. The Balaban J connectivity index is 1.93. The Hall–Kier alpha value is -2.35. The number of nitrogens with one attached hydrogen (secondary N) is 1. The van der Waals surface area contributed by atoms with Crippen molar-refractivity contribution in [3.8, 4) is 5.75 Å². The molecule has 1 N–H and O–H groups in total. The average Bonchev–Trinajstić information content (AvgIpc) is 3.01. The number of amides is 1. The molecular formula is C18H23N3O4S. The second-order valence-corrected chi connectivity index (χ2v) is 9.36. The second kappa shape index (κ2) is 6.42. The Morgan fingerprint density at radius 2 is 1.88 bits per heavy atom. The summed E-state index contributed by atoms with van der Waals surface area (Å²) in [5.41, 5.74) is 1.17. The van der Waals surface area contributed by atoms with E-state index in [1.54, 1.807) is 28.9 Å². The maximum absolute atomic E-state index is 12.7. The maximum atomic E-state index is 12.7. The third-order valence-corrected chi connectivity index (χ3v) is 5.52. The standard InChI is InChI=1S/C18H23N3O4S/c1-5-25-13-8-6-12(7-9-13)17(22)19-16-14-10-26(23,24)11-15(14)20-21(16)18(2,3)4/h6-9H,5,10-11H2,1-4H3,(H,19,22). The topological polar surface area (TPSA) is 90.3 Å². The first-order chi connectivity index (χ1) is 12.1. The number of carbonyl (C=O) groups excluding carboxylic acids is 1. The van der Waals surface area contributed by atoms with Crippen LogP contribution in [0, 0.1) is 0 Å². The molecule has 0 unspecified atom stereocenters. The molecule has 1 aromatic carbocycles. The summed E-state index contributed by atoms with van der Waals surface area (Å²) in [5.74, 6) is 0.642. The molecule has 1 aliphatic rings. The van der Waals surface area contributed by atoms with Gasteiger partial charge in [0.05, 0.1) is 29.3 Å². The van der Waals surface area contributed by atoms with Gasteiger partial charge in [-0.25, -0.2) is 13.1 Å². The number of hydrogen-bond acceptors (Lipinski definition) is 5. The smallest absolute Gasteiger partial charge is 0.256 e. The zero-order valence-corrected chi connectivity index (χ0v) is 16.2. The van der Waals surface area contributed by atoms with Gasteiger partial charge in [-0.3, -0.25) is 4.79 Å². The van der Waals surface area contributed by atoms with Crippen molar-refractivity contribution in [3.63, 3.8) is 0 Å². The number of carbonyl (C=O) groups is 1. The fourth-order valence-corrected chi connectivity index (χ4v) is 4.40. The number of anilines is 1. The van der Waals surface area contributed by atoms with Gasteiger partial charge in [-0.05, 0) is 52.0 Å². The van der Waals surface area contributed by atoms with Crippen LogP contribution in [0.3, 0.4) is 0 Å². The summed E-state index contributed by atoms with van der Waals surface area (Å²) in [6.45, 7) is 8.31. The fourth-order valence-electron chi connectivity index (χ4n) is 2.91. The lowest BCUT2D eigenvalue weighted by atomic mass is 10.1. The molecule has 0 saturated heterocycles. The molecule has 3 rings (SSSR count). The van der Waals surface area contributed by atoms with Crippen molar-refractivity contribution in [1.82, 2.24) is 9.78 Å². The minimum absolute atomic E-state index is 0.0860. The summed E-state index contributed by atoms with van der Waals surface area (Å²) in [7, 11) is -3.20. The molecule has 1 aromatic heterocycles. The number of sulfone groups is 1. The number of benzene rings is 1. The molecule has 0 bridgehead atoms. The third-order valence-electron chi connectivity index (χ3n) is 4.08. The van der Waals surface area contributed by atoms with E-state index in [2.05, 4.69) is 10.4 Å². The van der Waals surface area contributed by atoms with Gasteiger partial charge in [-0.2, -0.15) is 5.10 Å². The van der Waals surface area contributed by atoms with Crippen LogP contribution in [-0.4, -0.2) is 30.7 Å². The molecule has 8 heteroatoms. The number of nitrogens with zero attached hydrogens (tertiary/aromatic N) is 2. The zero-order valence-electron chi connectivity index (χ0n) is 15.4. The van der Waals surface area contributed by atoms with Gasteiger partial charge in [0.1, 0.15) is 11.6 Å². The van der Waals surface area contributed by atoms with E-state index in [-0.39, 0.29) is 17.4 Å². The summed E-state index contributed by atoms with van der Waals surface area (Å²) in [6, 6.07) is 6.81. The lowest BCUT2D eigenvalue weighted by Gasteiger charge is -2.23. The van der Waals surface area contributed by atoms with Gasteiger partial charge in [0.2, 0.25) is 0 Å². The molecule has 0 saturated carbocycles. The van der Waals surface area contributed by atoms with E-state index in [9.17, 15) is 13.2 Å². The Bertz CT molecular complexity index is 938. The molecule has 0 fully saturated rings. The number of hydrogen-bond donors (Lipinski definition) is 1. The molecule has 2 aromatic rings. The van der Waals surface area contributed by atoms with Crippen LogP contribution < -0.4 is 10.1 Å². The Labute approximate surface area is 153 Å². The third kappa shape index (κ3) is 3.60. The molecule has 140 valence electrons. The SMILES string of the molecule is CCOc1ccc(C(=O)Nc2c3c(nn2C(C)(C)C)CS(=O)(=O)C3)cc1. The molecule has 0 radical (unpaired) electrons. The molecule has 0 atom stereocenters. The van der Waals surface area contributed by atoms with E-state index in [4.69, 9.17) is 4.74 Å². The predicted octanol–water partition coefficient (Wildman–Crippen LogP) is 2.72. The van der Waals surface area contributed by atoms with E-state index < -0.39 is 15.4 Å². The minimum atomic E-state index is -3.20. The van der Waals surface area contributed by atoms with Crippen LogP contribution in [0.2, 0.25) is 0 Å². The monoisotopic (exact) mass is 377 g/mol. The molecule has 0 aliphatic carbocycles. The summed E-state index contributed by atoms with van der Waals surface area (Å²) < 4.78 is 31.0. The fraction of sp³-hybridized carbons (Fsp3) is 0.444. The first-order valence-corrected chi connectivity index (χ1v) is 10.3. The lowest BCUT2D eigenvalue weighted by Crippen LogP contribution is -2.27. The van der Waals surface area contributed by atoms with Gasteiger partial charge < -0.3 is 10.1 Å². The normalized spacial score (nSPS) is 15.5. The molecule has 0 spiro atoms. The van der Waals surface area contributed by atoms with Crippen molar-refractivity contribution in [2.45, 2.75) is 44.7 Å². The highest BCUT2D eigenvalue weighted by atomic mass is 32.2. The minimum Gasteiger partial charge on any atom is -0.494 e. The van der Waals surface area contributed by atoms with Gasteiger partial charge in [0.15, 0.2) is 9.84 Å². The Morgan fingerprint density at radius 3 is 2.46 bits per heavy atom. The molecule has 2 heterocycles. The number of ether oxygens (including phenoxy) is 1. The highest BCUT2D eigenvalue weighted by molar-refractivity contribution is 7.90. The van der Waals surface area contributed by atoms with Gasteiger partial charge in [-0.15, -0.1) is 0 Å². The van der Waals surface area contributed by atoms with Gasteiger partial charge in [-0.1, -0.05) is 0 Å². The molecular weight excluding hydrogens is 354 g/mol. The van der Waals surface area contributed by atoms with Crippen LogP contribution in [0.15, 0.2) is 24.3 Å². The summed E-state index contributed by atoms with van der Waals surface area (Å²) in [6.07, 6.45) is 0. The van der Waals surface area contributed by atoms with E-state index in [1.165, 1.54) is 0 Å². The lowest BCUT2D eigenvalue weighted by molar-refractivity contribution is 0.102. The number of rotatable bonds is 4. The van der Waals surface area contributed by atoms with Crippen molar-refractivity contribution in [2.75, 3.05) is 11.9 Å². The quantitative estimate of drug-likeness (QED) is 0.885. The van der Waals surface area contributed by atoms with E-state index in [0.29, 0.717) is 35.0 Å². The van der Waals surface area contributed by atoms with Crippen LogP contribution in [0.1, 0.15) is 49.3 Å². The molecule has 1 amide bonds. The predicted molar refractivity (Wildman–Crippen MR) is 99.1 cm³/mol. The van der Waals surface area contributed by atoms with Crippen LogP contribution in [0.25, 0.3) is 0 Å². The van der Waals surface area contributed by atoms with Gasteiger partial charge in [0.25, 0.3) is 5.91 Å². The van der Waals surface area contributed by atoms with E-state index in [0.717, 1.165) is 0 Å². The van der Waals surface area contributed by atoms with Gasteiger partial charge in [0, 0.05) is 11.1 Å². The first kappa shape index (κ1) is 18.4. The van der Waals surface area contributed by atoms with Crippen molar-refractivity contribution >= 4 is 21.6 Å². The number of aromatic nitrogens is 2. The average molecular weight is 377 g/mol. The second-order valence-electron chi connectivity index (χ2n) is 7.30. The van der Waals surface area contributed by atoms with Gasteiger partial charge >= 0.3 is 0 Å². The van der Waals surface area contributed by atoms with Crippen LogP contribution in [0.5, 0.6) is 5.75 Å². The molecule has 7 nitrogen and oxygen atoms in total. The van der Waals surface area contributed by atoms with Crippen LogP contribution >= 0.6 is 0 Å². The molecule has 26 heavy (non-hydrogen) atoms. The van der Waals surface area contributed by atoms with Crippen molar-refractivity contribution < 1.29 is 17.9 Å². The van der Waals surface area contributed by atoms with E-state index in [1.807, 2.05) is 27.7 Å². The maximum Gasteiger partial charge on any atom is 0.256 e. The first-order valence-electron chi connectivity index (χ1n) is 8.46. The van der Waals surface area contributed by atoms with Crippen molar-refractivity contribution in [1.29, 1.82) is 0 Å². The Kier molecular flexibility index (Phi) is 4.56. The van der Waals surface area contributed by atoms with E-state index >= 15 is 0 Å². The summed E-state index contributed by atoms with van der Waals surface area (Å²) >= 11 is 0. The van der Waals surface area contributed by atoms with Crippen LogP contribution in [0.4, 0.5) is 5.82 Å². The summed E-state index contributed by atoms with van der Waals surface area (Å²) in [4.78, 5) is 12.7. The van der Waals surface area contributed by atoms with Crippen molar-refractivity contribution in [3.05, 3.63) is 41.1 Å². The largest absolute Gasteiger partial charge is 0.494 e.